The Morgan fingerprint density at radius 2 is 2.00 bits per heavy atom. The van der Waals surface area contributed by atoms with Gasteiger partial charge in [-0.05, 0) is 6.42 Å². The zero-order valence-electron chi connectivity index (χ0n) is 14.0. The van der Waals surface area contributed by atoms with Gasteiger partial charge in [-0.1, -0.05) is 19.8 Å². The van der Waals surface area contributed by atoms with Crippen molar-refractivity contribution in [3.8, 4) is 11.5 Å². The molecule has 0 saturated heterocycles. The van der Waals surface area contributed by atoms with Crippen LogP contribution >= 0.6 is 0 Å². The number of carbonyl (C=O) groups excluding carboxylic acids is 1. The van der Waals surface area contributed by atoms with Crippen molar-refractivity contribution in [2.45, 2.75) is 38.8 Å². The van der Waals surface area contributed by atoms with E-state index in [2.05, 4.69) is 10.1 Å². The van der Waals surface area contributed by atoms with E-state index in [-0.39, 0.29) is 12.2 Å². The van der Waals surface area contributed by atoms with Gasteiger partial charge < -0.3 is 19.9 Å². The topological polar surface area (TPSA) is 128 Å². The Kier molecular flexibility index (Phi) is 7.69. The molecule has 0 radical (unpaired) electrons. The van der Waals surface area contributed by atoms with Gasteiger partial charge >= 0.3 is 12.6 Å². The van der Waals surface area contributed by atoms with Gasteiger partial charge in [0.15, 0.2) is 11.5 Å². The van der Waals surface area contributed by atoms with Crippen molar-refractivity contribution in [3.63, 3.8) is 0 Å². The van der Waals surface area contributed by atoms with Gasteiger partial charge in [-0.15, -0.1) is 0 Å². The second kappa shape index (κ2) is 9.49. The molecule has 1 rings (SSSR count). The molecule has 0 saturated carbocycles. The number of halogens is 2. The first-order valence-corrected chi connectivity index (χ1v) is 7.56. The third-order valence-electron chi connectivity index (χ3n) is 3.39. The minimum absolute atomic E-state index is 0.134. The molecule has 144 valence electrons. The lowest BCUT2D eigenvalue weighted by atomic mass is 10.1. The second-order valence-electron chi connectivity index (χ2n) is 5.16. The maximum Gasteiger partial charge on any atom is 0.387 e. The van der Waals surface area contributed by atoms with Crippen LogP contribution < -0.4 is 14.8 Å². The monoisotopic (exact) mass is 376 g/mol. The van der Waals surface area contributed by atoms with Crippen LogP contribution in [0.1, 0.15) is 36.5 Å². The Balaban J connectivity index is 3.25. The summed E-state index contributed by atoms with van der Waals surface area (Å²) in [4.78, 5) is 33.8. The Morgan fingerprint density at radius 3 is 2.46 bits per heavy atom. The molecule has 0 heterocycles. The highest BCUT2D eigenvalue weighted by Gasteiger charge is 2.28. The zero-order valence-corrected chi connectivity index (χ0v) is 14.0. The first kappa shape index (κ1) is 21.1. The third kappa shape index (κ3) is 5.53. The summed E-state index contributed by atoms with van der Waals surface area (Å²) >= 11 is 0. The Hall–Kier alpha value is -2.98. The molecule has 1 atom stereocenters. The number of nitrogens with one attached hydrogen (secondary N) is 1. The highest BCUT2D eigenvalue weighted by molar-refractivity contribution is 6.00. The summed E-state index contributed by atoms with van der Waals surface area (Å²) in [5.74, 6) is -3.28. The number of amides is 1. The van der Waals surface area contributed by atoms with Gasteiger partial charge in [-0.2, -0.15) is 8.78 Å². The van der Waals surface area contributed by atoms with E-state index in [4.69, 9.17) is 9.84 Å². The normalized spacial score (nSPS) is 11.7. The molecule has 0 aromatic heterocycles. The number of nitro benzene ring substituents is 1. The largest absolute Gasteiger partial charge is 0.493 e. The van der Waals surface area contributed by atoms with Crippen LogP contribution in [0.2, 0.25) is 0 Å². The molecule has 1 amide bonds. The molecule has 1 aromatic carbocycles. The van der Waals surface area contributed by atoms with Crippen LogP contribution in [0.3, 0.4) is 0 Å². The lowest BCUT2D eigenvalue weighted by Crippen LogP contribution is -2.40. The fourth-order valence-corrected chi connectivity index (χ4v) is 2.13. The van der Waals surface area contributed by atoms with E-state index >= 15 is 0 Å². The number of hydrogen-bond donors (Lipinski definition) is 2. The molecule has 11 heteroatoms. The number of unbranched alkanes of at least 4 members (excludes halogenated alkanes) is 1. The maximum atomic E-state index is 12.4. The number of aliphatic carboxylic acids is 1. The van der Waals surface area contributed by atoms with Crippen LogP contribution in [0, 0.1) is 10.1 Å². The fraction of sp³-hybridized carbons (Fsp3) is 0.467. The lowest BCUT2D eigenvalue weighted by Gasteiger charge is -2.15. The van der Waals surface area contributed by atoms with E-state index in [1.165, 1.54) is 0 Å². The van der Waals surface area contributed by atoms with Crippen molar-refractivity contribution < 1.29 is 37.9 Å². The van der Waals surface area contributed by atoms with Crippen LogP contribution in [-0.4, -0.2) is 41.7 Å². The van der Waals surface area contributed by atoms with Gasteiger partial charge in [0, 0.05) is 6.07 Å². The molecule has 9 nitrogen and oxygen atoms in total. The van der Waals surface area contributed by atoms with Gasteiger partial charge in [0.05, 0.1) is 18.1 Å². The number of carboxylic acids is 1. The summed E-state index contributed by atoms with van der Waals surface area (Å²) in [7, 11) is 1.10. The Morgan fingerprint density at radius 1 is 1.35 bits per heavy atom. The fourth-order valence-electron chi connectivity index (χ4n) is 2.13. The van der Waals surface area contributed by atoms with Gasteiger partial charge in [0.1, 0.15) is 11.6 Å². The Bertz CT molecular complexity index is 682. The number of carbonyl (C=O) groups is 2. The number of nitrogens with zero attached hydrogens (tertiary/aromatic N) is 1. The molecule has 26 heavy (non-hydrogen) atoms. The van der Waals surface area contributed by atoms with Crippen LogP contribution in [0.4, 0.5) is 14.5 Å². The van der Waals surface area contributed by atoms with Crippen LogP contribution in [0.25, 0.3) is 0 Å². The van der Waals surface area contributed by atoms with E-state index in [0.717, 1.165) is 13.2 Å². The number of benzene rings is 1. The summed E-state index contributed by atoms with van der Waals surface area (Å²) in [6.07, 6.45) is 1.34. The zero-order chi connectivity index (χ0) is 19.9. The molecular formula is C15H18F2N2O7. The van der Waals surface area contributed by atoms with Crippen molar-refractivity contribution >= 4 is 17.6 Å². The average Bonchev–Trinajstić information content (AvgIpc) is 2.57. The number of hydrogen-bond acceptors (Lipinski definition) is 6. The van der Waals surface area contributed by atoms with Gasteiger partial charge in [-0.3, -0.25) is 14.9 Å². The molecule has 0 bridgehead atoms. The molecule has 0 spiro atoms. The van der Waals surface area contributed by atoms with E-state index in [1.807, 2.05) is 6.92 Å². The maximum absolute atomic E-state index is 12.4. The minimum Gasteiger partial charge on any atom is -0.493 e. The molecule has 0 aliphatic heterocycles. The number of carboxylic acid groups (broad SMARTS) is 1. The number of methoxy groups -OCH3 is 1. The van der Waals surface area contributed by atoms with E-state index in [1.54, 1.807) is 0 Å². The second-order valence-corrected chi connectivity index (χ2v) is 5.16. The molecule has 0 aliphatic carbocycles. The molecule has 1 aromatic rings. The predicted molar refractivity (Wildman–Crippen MR) is 84.7 cm³/mol. The van der Waals surface area contributed by atoms with Gasteiger partial charge in [0.25, 0.3) is 11.6 Å². The molecule has 0 aliphatic rings. The lowest BCUT2D eigenvalue weighted by molar-refractivity contribution is -0.385. The number of nitro groups is 1. The SMILES string of the molecule is CCCCC(NC(=O)c1cc(OC)c(OC(F)F)cc1[N+](=O)[O-])C(=O)O. The number of alkyl halides is 2. The van der Waals surface area contributed by atoms with Crippen molar-refractivity contribution in [1.29, 1.82) is 0 Å². The van der Waals surface area contributed by atoms with E-state index in [9.17, 15) is 28.5 Å². The van der Waals surface area contributed by atoms with E-state index in [0.29, 0.717) is 18.9 Å². The van der Waals surface area contributed by atoms with Crippen LogP contribution in [0.5, 0.6) is 11.5 Å². The van der Waals surface area contributed by atoms with Crippen molar-refractivity contribution in [2.24, 2.45) is 0 Å². The molecule has 0 fully saturated rings. The van der Waals surface area contributed by atoms with Crippen LogP contribution in [-0.2, 0) is 4.79 Å². The molecule has 2 N–H and O–H groups in total. The van der Waals surface area contributed by atoms with Gasteiger partial charge in [-0.25, -0.2) is 4.79 Å². The van der Waals surface area contributed by atoms with Crippen molar-refractivity contribution in [2.75, 3.05) is 7.11 Å². The average molecular weight is 376 g/mol. The first-order chi connectivity index (χ1) is 12.2. The molecular weight excluding hydrogens is 358 g/mol. The van der Waals surface area contributed by atoms with Crippen molar-refractivity contribution in [1.82, 2.24) is 5.32 Å². The molecule has 1 unspecified atom stereocenters. The highest BCUT2D eigenvalue weighted by Crippen LogP contribution is 2.35. The summed E-state index contributed by atoms with van der Waals surface area (Å²) in [5, 5.41) is 22.5. The quantitative estimate of drug-likeness (QED) is 0.474. The Labute approximate surface area is 147 Å². The highest BCUT2D eigenvalue weighted by atomic mass is 19.3. The van der Waals surface area contributed by atoms with Gasteiger partial charge in [0.2, 0.25) is 0 Å². The summed E-state index contributed by atoms with van der Waals surface area (Å²) in [5.41, 5.74) is -1.35. The van der Waals surface area contributed by atoms with Crippen molar-refractivity contribution in [3.05, 3.63) is 27.8 Å². The number of ether oxygens (including phenoxy) is 2. The van der Waals surface area contributed by atoms with Crippen LogP contribution in [0.15, 0.2) is 12.1 Å². The smallest absolute Gasteiger partial charge is 0.387 e. The number of rotatable bonds is 10. The third-order valence-corrected chi connectivity index (χ3v) is 3.39. The standard InChI is InChI=1S/C15H18F2N2O7/c1-3-4-5-9(14(21)22)18-13(20)8-6-11(25-2)12(26-15(16)17)7-10(8)19(23)24/h6-7,9,15H,3-5H2,1-2H3,(H,18,20)(H,21,22). The first-order valence-electron chi connectivity index (χ1n) is 7.56. The summed E-state index contributed by atoms with van der Waals surface area (Å²) < 4.78 is 33.8. The minimum atomic E-state index is -3.26. The summed E-state index contributed by atoms with van der Waals surface area (Å²) in [6, 6.07) is 0.232. The summed E-state index contributed by atoms with van der Waals surface area (Å²) in [6.45, 7) is -1.42. The van der Waals surface area contributed by atoms with E-state index < -0.39 is 46.5 Å². The predicted octanol–water partition coefficient (Wildman–Crippen LogP) is 2.58.